The maximum Gasteiger partial charge on any atom is 0.416 e. The lowest BCUT2D eigenvalue weighted by molar-refractivity contribution is -0.139. The summed E-state index contributed by atoms with van der Waals surface area (Å²) in [6.07, 6.45) is -3.96. The molecule has 0 aliphatic rings. The first-order valence-electron chi connectivity index (χ1n) is 10.4. The smallest absolute Gasteiger partial charge is 0.416 e. The normalized spacial score (nSPS) is 12.5. The number of imidazole rings is 1. The van der Waals surface area contributed by atoms with Crippen LogP contribution in [0.2, 0.25) is 0 Å². The topological polar surface area (TPSA) is 71.8 Å². The first-order valence-corrected chi connectivity index (χ1v) is 11.2. The Bertz CT molecular complexity index is 1350. The number of carbonyl (C=O) groups excluding carboxylic acids is 1. The van der Waals surface area contributed by atoms with Crippen LogP contribution in [0.25, 0.3) is 16.0 Å². The summed E-state index contributed by atoms with van der Waals surface area (Å²) in [6, 6.07) is 12.0. The highest BCUT2D eigenvalue weighted by atomic mass is 32.1. The highest BCUT2D eigenvalue weighted by Crippen LogP contribution is 2.39. The predicted octanol–water partition coefficient (Wildman–Crippen LogP) is 6.02. The van der Waals surface area contributed by atoms with Crippen molar-refractivity contribution in [2.45, 2.75) is 19.2 Å². The number of nitrogens with zero attached hydrogens (tertiary/aromatic N) is 2. The van der Waals surface area contributed by atoms with Crippen LogP contribution < -0.4 is 9.47 Å². The fourth-order valence-electron chi connectivity index (χ4n) is 3.55. The van der Waals surface area contributed by atoms with Crippen LogP contribution in [-0.4, -0.2) is 36.5 Å². The number of methoxy groups -OCH3 is 2. The Labute approximate surface area is 202 Å². The zero-order chi connectivity index (χ0) is 25.2. The van der Waals surface area contributed by atoms with E-state index in [1.807, 2.05) is 0 Å². The lowest BCUT2D eigenvalue weighted by Gasteiger charge is -2.19. The van der Waals surface area contributed by atoms with Crippen LogP contribution in [0.15, 0.2) is 54.9 Å². The number of fused-ring (bicyclic) bond motifs is 1. The van der Waals surface area contributed by atoms with Gasteiger partial charge in [-0.1, -0.05) is 18.2 Å². The number of halogens is 3. The minimum atomic E-state index is -4.54. The Morgan fingerprint density at radius 2 is 1.91 bits per heavy atom. The molecule has 0 fully saturated rings. The molecular weight excluding hydrogens is 485 g/mol. The number of hydrogen-bond acceptors (Lipinski definition) is 7. The van der Waals surface area contributed by atoms with E-state index in [0.29, 0.717) is 21.8 Å². The van der Waals surface area contributed by atoms with Crippen molar-refractivity contribution in [3.05, 3.63) is 70.9 Å². The molecule has 4 rings (SSSR count). The molecule has 0 aliphatic carbocycles. The van der Waals surface area contributed by atoms with Crippen LogP contribution in [0.3, 0.4) is 0 Å². The lowest BCUT2D eigenvalue weighted by atomic mass is 10.0. The third-order valence-corrected chi connectivity index (χ3v) is 6.26. The molecule has 0 amide bonds. The number of ether oxygens (including phenoxy) is 4. The maximum absolute atomic E-state index is 13.5. The van der Waals surface area contributed by atoms with E-state index in [1.165, 1.54) is 39.3 Å². The number of benzene rings is 2. The Balaban J connectivity index is 1.73. The van der Waals surface area contributed by atoms with Crippen LogP contribution in [0, 0.1) is 0 Å². The van der Waals surface area contributed by atoms with Gasteiger partial charge in [-0.25, -0.2) is 9.78 Å². The highest BCUT2D eigenvalue weighted by Gasteiger charge is 2.35. The molecule has 0 bridgehead atoms. The van der Waals surface area contributed by atoms with E-state index in [-0.39, 0.29) is 23.0 Å². The molecular formula is C24H21F3N2O5S. The second-order valence-corrected chi connectivity index (χ2v) is 8.46. The molecule has 7 nitrogen and oxygen atoms in total. The molecule has 0 spiro atoms. The quantitative estimate of drug-likeness (QED) is 0.215. The van der Waals surface area contributed by atoms with E-state index in [2.05, 4.69) is 4.98 Å². The molecule has 11 heteroatoms. The van der Waals surface area contributed by atoms with Crippen molar-refractivity contribution in [2.75, 3.05) is 21.0 Å². The predicted molar refractivity (Wildman–Crippen MR) is 123 cm³/mol. The number of thiophene rings is 1. The Morgan fingerprint density at radius 1 is 1.14 bits per heavy atom. The number of aromatic nitrogens is 2. The van der Waals surface area contributed by atoms with Gasteiger partial charge in [0.2, 0.25) is 0 Å². The monoisotopic (exact) mass is 506 g/mol. The van der Waals surface area contributed by atoms with Gasteiger partial charge in [0.1, 0.15) is 28.9 Å². The van der Waals surface area contributed by atoms with Gasteiger partial charge in [0.05, 0.1) is 23.7 Å². The standard InChI is InChI=1S/C24H21F3N2O5S/c1-14(16-6-4-5-7-17(16)24(25,26)27)34-20-11-21(35-22(20)23(30)32-3)29-12-28-18-9-8-15(10-19(18)29)33-13-31-2/h4-12,14H,13H2,1-3H3/t14-/m1/s1. The molecule has 4 aromatic rings. The fraction of sp³-hybridized carbons (Fsp3) is 0.250. The molecule has 0 N–H and O–H groups in total. The SMILES string of the molecule is COCOc1ccc2ncn(-c3cc(O[C@H](C)c4ccccc4C(F)(F)F)c(C(=O)OC)s3)c2c1. The van der Waals surface area contributed by atoms with E-state index >= 15 is 0 Å². The third-order valence-electron chi connectivity index (χ3n) is 5.16. The zero-order valence-electron chi connectivity index (χ0n) is 19.0. The van der Waals surface area contributed by atoms with Gasteiger partial charge in [-0.3, -0.25) is 4.57 Å². The summed E-state index contributed by atoms with van der Waals surface area (Å²) in [5.41, 5.74) is 0.527. The van der Waals surface area contributed by atoms with Gasteiger partial charge in [-0.05, 0) is 25.1 Å². The summed E-state index contributed by atoms with van der Waals surface area (Å²) in [7, 11) is 2.73. The molecule has 0 radical (unpaired) electrons. The molecule has 2 heterocycles. The molecule has 184 valence electrons. The van der Waals surface area contributed by atoms with Crippen LogP contribution in [0.1, 0.15) is 33.8 Å². The molecule has 35 heavy (non-hydrogen) atoms. The van der Waals surface area contributed by atoms with Crippen LogP contribution >= 0.6 is 11.3 Å². The van der Waals surface area contributed by atoms with Gasteiger partial charge in [0.25, 0.3) is 0 Å². The Morgan fingerprint density at radius 3 is 2.63 bits per heavy atom. The molecule has 2 aromatic heterocycles. The summed E-state index contributed by atoms with van der Waals surface area (Å²) >= 11 is 1.07. The largest absolute Gasteiger partial charge is 0.484 e. The van der Waals surface area contributed by atoms with E-state index in [4.69, 9.17) is 18.9 Å². The number of carbonyl (C=O) groups is 1. The second kappa shape index (κ2) is 9.96. The van der Waals surface area contributed by atoms with Crippen molar-refractivity contribution in [1.29, 1.82) is 0 Å². The number of rotatable bonds is 8. The minimum absolute atomic E-state index is 0.0448. The lowest BCUT2D eigenvalue weighted by Crippen LogP contribution is -2.14. The van der Waals surface area contributed by atoms with Gasteiger partial charge in [-0.2, -0.15) is 13.2 Å². The zero-order valence-corrected chi connectivity index (χ0v) is 19.8. The summed E-state index contributed by atoms with van der Waals surface area (Å²) in [6.45, 7) is 1.56. The van der Waals surface area contributed by atoms with Gasteiger partial charge in [0.15, 0.2) is 11.7 Å². The number of hydrogen-bond donors (Lipinski definition) is 0. The van der Waals surface area contributed by atoms with E-state index in [0.717, 1.165) is 17.4 Å². The van der Waals surface area contributed by atoms with Gasteiger partial charge >= 0.3 is 12.1 Å². The van der Waals surface area contributed by atoms with Crippen LogP contribution in [0.5, 0.6) is 11.5 Å². The van der Waals surface area contributed by atoms with Crippen molar-refractivity contribution >= 4 is 28.3 Å². The average molecular weight is 507 g/mol. The summed E-state index contributed by atoms with van der Waals surface area (Å²) in [4.78, 5) is 17.0. The average Bonchev–Trinajstić information content (AvgIpc) is 3.45. The minimum Gasteiger partial charge on any atom is -0.484 e. The first kappa shape index (κ1) is 24.6. The Kier molecular flexibility index (Phi) is 6.99. The van der Waals surface area contributed by atoms with Crippen LogP contribution in [0.4, 0.5) is 13.2 Å². The van der Waals surface area contributed by atoms with Gasteiger partial charge < -0.3 is 18.9 Å². The molecule has 0 aliphatic heterocycles. The fourth-order valence-corrected chi connectivity index (χ4v) is 4.54. The van der Waals surface area contributed by atoms with Crippen molar-refractivity contribution in [1.82, 2.24) is 9.55 Å². The van der Waals surface area contributed by atoms with E-state index < -0.39 is 23.8 Å². The maximum atomic E-state index is 13.5. The second-order valence-electron chi connectivity index (χ2n) is 7.43. The van der Waals surface area contributed by atoms with Gasteiger partial charge in [0, 0.05) is 24.8 Å². The number of esters is 1. The summed E-state index contributed by atoms with van der Waals surface area (Å²) in [5.74, 6) is -0.00393. The molecule has 2 aromatic carbocycles. The van der Waals surface area contributed by atoms with Crippen LogP contribution in [-0.2, 0) is 15.7 Å². The highest BCUT2D eigenvalue weighted by molar-refractivity contribution is 7.16. The first-order chi connectivity index (χ1) is 16.7. The molecule has 1 atom stereocenters. The third kappa shape index (κ3) is 5.10. The summed E-state index contributed by atoms with van der Waals surface area (Å²) < 4.78 is 63.4. The van der Waals surface area contributed by atoms with E-state index in [9.17, 15) is 18.0 Å². The van der Waals surface area contributed by atoms with Gasteiger partial charge in [-0.15, -0.1) is 11.3 Å². The number of alkyl halides is 3. The van der Waals surface area contributed by atoms with Crippen molar-refractivity contribution < 1.29 is 36.9 Å². The Hall–Kier alpha value is -3.57. The molecule has 0 saturated heterocycles. The summed E-state index contributed by atoms with van der Waals surface area (Å²) in [5, 5.41) is 0.558. The molecule has 0 saturated carbocycles. The van der Waals surface area contributed by atoms with E-state index in [1.54, 1.807) is 35.2 Å². The molecule has 0 unspecified atom stereocenters. The van der Waals surface area contributed by atoms with Crippen molar-refractivity contribution in [2.24, 2.45) is 0 Å². The van der Waals surface area contributed by atoms with Crippen molar-refractivity contribution in [3.63, 3.8) is 0 Å². The van der Waals surface area contributed by atoms with Crippen molar-refractivity contribution in [3.8, 4) is 16.5 Å².